The summed E-state index contributed by atoms with van der Waals surface area (Å²) in [6.45, 7) is 7.06. The molecule has 2 aliphatic heterocycles. The number of piperidine rings is 1. The van der Waals surface area contributed by atoms with E-state index in [9.17, 15) is 5.11 Å². The molecule has 2 heterocycles. The Hall–Kier alpha value is -2.24. The highest BCUT2D eigenvalue weighted by Gasteiger charge is 2.66. The summed E-state index contributed by atoms with van der Waals surface area (Å²) < 4.78 is 13.0. The molecule has 2 aromatic carbocycles. The van der Waals surface area contributed by atoms with Gasteiger partial charge in [0.15, 0.2) is 11.5 Å². The van der Waals surface area contributed by atoms with Crippen LogP contribution in [0, 0.1) is 11.8 Å². The van der Waals surface area contributed by atoms with Crippen molar-refractivity contribution in [3.8, 4) is 17.2 Å². The van der Waals surface area contributed by atoms with Gasteiger partial charge in [0, 0.05) is 41.2 Å². The number of hydrogen-bond donors (Lipinski definition) is 1. The Morgan fingerprint density at radius 1 is 1.02 bits per heavy atom. The second kappa shape index (κ2) is 12.0. The number of hydrogen-bond acceptors (Lipinski definition) is 5. The molecule has 0 unspecified atom stereocenters. The van der Waals surface area contributed by atoms with Crippen molar-refractivity contribution in [2.75, 3.05) is 33.3 Å². The number of likely N-dealkylation sites (tertiary alicyclic amines) is 1. The standard InChI is InChI=1S/C37H52N2O3/c1-3-4-20-38(21-11-6-5-8-12-26-13-9-7-10-14-26)30-18-17-29-31-23-28-32(40)24-33(41-2)35-34(28)37(29,36(30)42-35)19-22-39(31)25-27-15-16-27/h7,9-10,13-14,24,27,29-31,36,40H,3-6,8,11-12,15-23,25H2,1-2H3/t29-,30-,31+,36-,37-/m0/s1. The van der Waals surface area contributed by atoms with Gasteiger partial charge in [-0.1, -0.05) is 56.5 Å². The van der Waals surface area contributed by atoms with E-state index in [2.05, 4.69) is 47.1 Å². The summed E-state index contributed by atoms with van der Waals surface area (Å²) in [5.74, 6) is 3.61. The number of aromatic hydroxyl groups is 1. The molecule has 7 rings (SSSR count). The van der Waals surface area contributed by atoms with Crippen molar-refractivity contribution < 1.29 is 14.6 Å². The number of aryl methyl sites for hydroxylation is 1. The Morgan fingerprint density at radius 3 is 2.62 bits per heavy atom. The summed E-state index contributed by atoms with van der Waals surface area (Å²) in [4.78, 5) is 5.65. The van der Waals surface area contributed by atoms with Crippen molar-refractivity contribution in [1.82, 2.24) is 9.80 Å². The SMILES string of the molecule is CCCCN(CCCCCCc1ccccc1)[C@H]1CC[C@H]2[C@H]3Cc4c(O)cc(OC)c5c4[C@@]2(CCN3CC2CC2)[C@H]1O5. The maximum atomic E-state index is 11.3. The molecule has 228 valence electrons. The molecule has 2 bridgehead atoms. The Kier molecular flexibility index (Phi) is 8.18. The lowest BCUT2D eigenvalue weighted by atomic mass is 9.50. The molecule has 2 saturated carbocycles. The Bertz CT molecular complexity index is 1230. The maximum Gasteiger partial charge on any atom is 0.166 e. The third-order valence-corrected chi connectivity index (χ3v) is 11.7. The normalized spacial score (nSPS) is 29.4. The third kappa shape index (κ3) is 5.03. The van der Waals surface area contributed by atoms with Crippen molar-refractivity contribution in [2.24, 2.45) is 11.8 Å². The lowest BCUT2D eigenvalue weighted by Gasteiger charge is -2.60. The van der Waals surface area contributed by atoms with Crippen LogP contribution in [0.2, 0.25) is 0 Å². The van der Waals surface area contributed by atoms with Gasteiger partial charge in [-0.3, -0.25) is 9.80 Å². The quantitative estimate of drug-likeness (QED) is 0.244. The third-order valence-electron chi connectivity index (χ3n) is 11.7. The second-order valence-electron chi connectivity index (χ2n) is 14.1. The van der Waals surface area contributed by atoms with Crippen LogP contribution in [0.4, 0.5) is 0 Å². The zero-order valence-electron chi connectivity index (χ0n) is 26.0. The first-order valence-corrected chi connectivity index (χ1v) is 17.3. The van der Waals surface area contributed by atoms with E-state index in [0.29, 0.717) is 23.8 Å². The van der Waals surface area contributed by atoms with Crippen LogP contribution < -0.4 is 9.47 Å². The van der Waals surface area contributed by atoms with Gasteiger partial charge in [-0.2, -0.15) is 0 Å². The predicted octanol–water partition coefficient (Wildman–Crippen LogP) is 7.12. The Labute approximate surface area is 253 Å². The summed E-state index contributed by atoms with van der Waals surface area (Å²) in [7, 11) is 1.73. The molecule has 42 heavy (non-hydrogen) atoms. The van der Waals surface area contributed by atoms with E-state index in [1.807, 2.05) is 6.07 Å². The first-order chi connectivity index (χ1) is 20.6. The van der Waals surface area contributed by atoms with Crippen LogP contribution in [-0.4, -0.2) is 66.4 Å². The lowest BCUT2D eigenvalue weighted by molar-refractivity contribution is -0.0898. The smallest absolute Gasteiger partial charge is 0.166 e. The van der Waals surface area contributed by atoms with Gasteiger partial charge in [-0.05, 0) is 101 Å². The van der Waals surface area contributed by atoms with Crippen LogP contribution in [0.1, 0.15) is 94.2 Å². The molecule has 1 N–H and O–H groups in total. The van der Waals surface area contributed by atoms with Crippen LogP contribution in [0.15, 0.2) is 36.4 Å². The van der Waals surface area contributed by atoms with Crippen LogP contribution in [0.25, 0.3) is 0 Å². The number of phenolic OH excluding ortho intramolecular Hbond substituents is 1. The zero-order chi connectivity index (χ0) is 28.7. The fourth-order valence-corrected chi connectivity index (χ4v) is 9.48. The Balaban J connectivity index is 1.11. The summed E-state index contributed by atoms with van der Waals surface area (Å²) in [5.41, 5.74) is 3.96. The Morgan fingerprint density at radius 2 is 1.83 bits per heavy atom. The zero-order valence-corrected chi connectivity index (χ0v) is 26.0. The number of benzene rings is 2. The van der Waals surface area contributed by atoms with E-state index < -0.39 is 0 Å². The molecule has 0 aromatic heterocycles. The minimum atomic E-state index is 0.00270. The molecule has 3 fully saturated rings. The van der Waals surface area contributed by atoms with Crippen molar-refractivity contribution in [1.29, 1.82) is 0 Å². The highest BCUT2D eigenvalue weighted by atomic mass is 16.5. The molecule has 5 atom stereocenters. The van der Waals surface area contributed by atoms with Crippen LogP contribution >= 0.6 is 0 Å². The van der Waals surface area contributed by atoms with E-state index in [1.165, 1.54) is 94.8 Å². The van der Waals surface area contributed by atoms with Gasteiger partial charge in [-0.25, -0.2) is 0 Å². The number of rotatable bonds is 14. The van der Waals surface area contributed by atoms with Gasteiger partial charge in [0.05, 0.1) is 7.11 Å². The summed E-state index contributed by atoms with van der Waals surface area (Å²) >= 11 is 0. The molecule has 5 aliphatic rings. The van der Waals surface area contributed by atoms with Crippen molar-refractivity contribution in [2.45, 2.75) is 114 Å². The fraction of sp³-hybridized carbons (Fsp3) is 0.676. The van der Waals surface area contributed by atoms with Gasteiger partial charge in [0.25, 0.3) is 0 Å². The fourth-order valence-electron chi connectivity index (χ4n) is 9.48. The van der Waals surface area contributed by atoms with Gasteiger partial charge in [0.2, 0.25) is 0 Å². The molecule has 5 heteroatoms. The van der Waals surface area contributed by atoms with E-state index in [0.717, 1.165) is 48.9 Å². The number of methoxy groups -OCH3 is 1. The number of unbranched alkanes of at least 4 members (excludes halogenated alkanes) is 4. The molecule has 0 radical (unpaired) electrons. The minimum absolute atomic E-state index is 0.00270. The highest BCUT2D eigenvalue weighted by molar-refractivity contribution is 5.65. The number of nitrogens with zero attached hydrogens (tertiary/aromatic N) is 2. The first-order valence-electron chi connectivity index (χ1n) is 17.3. The molecule has 2 aromatic rings. The lowest BCUT2D eigenvalue weighted by Crippen LogP contribution is -2.69. The molecule has 1 saturated heterocycles. The molecule has 5 nitrogen and oxygen atoms in total. The van der Waals surface area contributed by atoms with E-state index >= 15 is 0 Å². The van der Waals surface area contributed by atoms with Gasteiger partial charge < -0.3 is 14.6 Å². The van der Waals surface area contributed by atoms with E-state index in [1.54, 1.807) is 7.11 Å². The monoisotopic (exact) mass is 572 g/mol. The largest absolute Gasteiger partial charge is 0.508 e. The van der Waals surface area contributed by atoms with E-state index in [-0.39, 0.29) is 11.5 Å². The van der Waals surface area contributed by atoms with Crippen molar-refractivity contribution in [3.63, 3.8) is 0 Å². The topological polar surface area (TPSA) is 45.2 Å². The van der Waals surface area contributed by atoms with Gasteiger partial charge in [0.1, 0.15) is 11.9 Å². The van der Waals surface area contributed by atoms with E-state index in [4.69, 9.17) is 9.47 Å². The van der Waals surface area contributed by atoms with Gasteiger partial charge in [-0.15, -0.1) is 0 Å². The summed E-state index contributed by atoms with van der Waals surface area (Å²) in [6.07, 6.45) is 16.3. The average Bonchev–Trinajstić information content (AvgIpc) is 3.77. The highest BCUT2D eigenvalue weighted by Crippen LogP contribution is 2.65. The van der Waals surface area contributed by atoms with Crippen LogP contribution in [0.5, 0.6) is 17.2 Å². The molecular weight excluding hydrogens is 520 g/mol. The predicted molar refractivity (Wildman–Crippen MR) is 169 cm³/mol. The van der Waals surface area contributed by atoms with Crippen molar-refractivity contribution >= 4 is 0 Å². The summed E-state index contributed by atoms with van der Waals surface area (Å²) in [6, 6.07) is 13.7. The first kappa shape index (κ1) is 28.5. The molecular formula is C37H52N2O3. The molecule has 0 amide bonds. The average molecular weight is 573 g/mol. The van der Waals surface area contributed by atoms with Crippen LogP contribution in [-0.2, 0) is 18.3 Å². The number of ether oxygens (including phenoxy) is 2. The summed E-state index contributed by atoms with van der Waals surface area (Å²) in [5, 5.41) is 11.3. The van der Waals surface area contributed by atoms with Crippen LogP contribution in [0.3, 0.4) is 0 Å². The van der Waals surface area contributed by atoms with Crippen molar-refractivity contribution in [3.05, 3.63) is 53.1 Å². The molecule has 3 aliphatic carbocycles. The second-order valence-corrected chi connectivity index (χ2v) is 14.1. The van der Waals surface area contributed by atoms with Gasteiger partial charge >= 0.3 is 0 Å². The minimum Gasteiger partial charge on any atom is -0.508 e. The maximum absolute atomic E-state index is 11.3. The molecule has 1 spiro atoms. The number of phenols is 1.